The van der Waals surface area contributed by atoms with Gasteiger partial charge in [-0.15, -0.1) is 0 Å². The average molecular weight is 348 g/mol. The number of aromatic hydroxyl groups is 1. The molecule has 0 aliphatic carbocycles. The second-order valence-corrected chi connectivity index (χ2v) is 6.21. The van der Waals surface area contributed by atoms with Gasteiger partial charge in [0.15, 0.2) is 23.0 Å². The molecule has 0 saturated carbocycles. The second kappa shape index (κ2) is 6.07. The van der Waals surface area contributed by atoms with Crippen molar-refractivity contribution in [2.24, 2.45) is 0 Å². The maximum absolute atomic E-state index is 13.5. The van der Waals surface area contributed by atoms with Crippen LogP contribution in [0.2, 0.25) is 0 Å². The largest absolute Gasteiger partial charge is 0.507 e. The molecule has 0 radical (unpaired) electrons. The summed E-state index contributed by atoms with van der Waals surface area (Å²) in [6, 6.07) is 4.83. The van der Waals surface area contributed by atoms with E-state index in [1.165, 1.54) is 6.07 Å². The zero-order valence-corrected chi connectivity index (χ0v) is 13.2. The monoisotopic (exact) mass is 348 g/mol. The van der Waals surface area contributed by atoms with Crippen LogP contribution < -0.4 is 0 Å². The van der Waals surface area contributed by atoms with E-state index in [4.69, 9.17) is 4.52 Å². The van der Waals surface area contributed by atoms with Gasteiger partial charge in [-0.3, -0.25) is 4.90 Å². The molecule has 0 spiro atoms. The van der Waals surface area contributed by atoms with E-state index in [1.807, 2.05) is 0 Å². The maximum Gasteiger partial charge on any atom is 0.194 e. The number of phenolic OH excluding ortho intramolecular Hbond substituents is 1. The third-order valence-corrected chi connectivity index (χ3v) is 4.56. The van der Waals surface area contributed by atoms with Gasteiger partial charge in [-0.1, -0.05) is 5.16 Å². The number of halogens is 3. The molecule has 1 aliphatic rings. The zero-order valence-electron chi connectivity index (χ0n) is 13.2. The Morgan fingerprint density at radius 1 is 1.08 bits per heavy atom. The van der Waals surface area contributed by atoms with Crippen molar-refractivity contribution in [3.8, 4) is 17.0 Å². The fraction of sp³-hybridized carbons (Fsp3) is 0.278. The molecule has 130 valence electrons. The van der Waals surface area contributed by atoms with Crippen molar-refractivity contribution in [2.45, 2.75) is 19.4 Å². The van der Waals surface area contributed by atoms with Crippen LogP contribution in [0.15, 0.2) is 28.8 Å². The summed E-state index contributed by atoms with van der Waals surface area (Å²) < 4.78 is 45.6. The van der Waals surface area contributed by atoms with Crippen molar-refractivity contribution in [1.82, 2.24) is 10.1 Å². The number of nitrogens with zero attached hydrogens (tertiary/aromatic N) is 2. The van der Waals surface area contributed by atoms with Crippen LogP contribution in [-0.2, 0) is 6.54 Å². The van der Waals surface area contributed by atoms with Gasteiger partial charge in [0, 0.05) is 12.1 Å². The highest BCUT2D eigenvalue weighted by molar-refractivity contribution is 5.94. The topological polar surface area (TPSA) is 49.5 Å². The molecule has 0 unspecified atom stereocenters. The lowest BCUT2D eigenvalue weighted by atomic mass is 10.0. The van der Waals surface area contributed by atoms with Crippen LogP contribution in [0.25, 0.3) is 22.2 Å². The Morgan fingerprint density at radius 2 is 1.76 bits per heavy atom. The summed E-state index contributed by atoms with van der Waals surface area (Å²) in [5, 5.41) is 14.6. The molecule has 1 saturated heterocycles. The normalized spacial score (nSPS) is 15.3. The molecular weight excluding hydrogens is 333 g/mol. The predicted octanol–water partition coefficient (Wildman–Crippen LogP) is 4.21. The highest BCUT2D eigenvalue weighted by atomic mass is 19.2. The van der Waals surface area contributed by atoms with E-state index in [9.17, 15) is 18.3 Å². The summed E-state index contributed by atoms with van der Waals surface area (Å²) in [6.45, 7) is 2.38. The van der Waals surface area contributed by atoms with Crippen LogP contribution in [0.4, 0.5) is 13.2 Å². The Morgan fingerprint density at radius 3 is 2.44 bits per heavy atom. The quantitative estimate of drug-likeness (QED) is 0.720. The average Bonchev–Trinajstić information content (AvgIpc) is 3.24. The minimum atomic E-state index is -1.52. The molecule has 0 atom stereocenters. The van der Waals surface area contributed by atoms with Gasteiger partial charge in [0.25, 0.3) is 0 Å². The van der Waals surface area contributed by atoms with E-state index in [2.05, 4.69) is 10.1 Å². The van der Waals surface area contributed by atoms with Gasteiger partial charge in [-0.05, 0) is 50.2 Å². The minimum Gasteiger partial charge on any atom is -0.507 e. The molecule has 1 fully saturated rings. The number of rotatable bonds is 3. The fourth-order valence-corrected chi connectivity index (χ4v) is 3.27. The Kier molecular flexibility index (Phi) is 3.88. The van der Waals surface area contributed by atoms with Gasteiger partial charge in [-0.25, -0.2) is 13.2 Å². The molecule has 4 nitrogen and oxygen atoms in total. The second-order valence-electron chi connectivity index (χ2n) is 6.21. The van der Waals surface area contributed by atoms with Crippen LogP contribution >= 0.6 is 0 Å². The number of benzene rings is 2. The lowest BCUT2D eigenvalue weighted by molar-refractivity contribution is 0.322. The first kappa shape index (κ1) is 16.0. The Bertz CT molecular complexity index is 926. The molecule has 2 aromatic carbocycles. The maximum atomic E-state index is 13.5. The van der Waals surface area contributed by atoms with Gasteiger partial charge >= 0.3 is 0 Å². The standard InChI is InChI=1S/C18H15F3N2O2/c19-13-7-10(8-14(20)16(13)21)17-11-3-4-15(24)12(18(11)25-22-17)9-23-5-1-2-6-23/h3-4,7-8,24H,1-2,5-6,9H2. The Hall–Kier alpha value is -2.54. The van der Waals surface area contributed by atoms with Crippen molar-refractivity contribution in [2.75, 3.05) is 13.1 Å². The number of phenols is 1. The fourth-order valence-electron chi connectivity index (χ4n) is 3.27. The smallest absolute Gasteiger partial charge is 0.194 e. The highest BCUT2D eigenvalue weighted by Crippen LogP contribution is 2.35. The third-order valence-electron chi connectivity index (χ3n) is 4.56. The molecule has 4 rings (SSSR count). The number of aromatic nitrogens is 1. The zero-order chi connectivity index (χ0) is 17.6. The van der Waals surface area contributed by atoms with Gasteiger partial charge in [0.05, 0.1) is 10.9 Å². The molecular formula is C18H15F3N2O2. The number of hydrogen-bond acceptors (Lipinski definition) is 4. The van der Waals surface area contributed by atoms with Crippen LogP contribution in [-0.4, -0.2) is 28.3 Å². The highest BCUT2D eigenvalue weighted by Gasteiger charge is 2.22. The van der Waals surface area contributed by atoms with Gasteiger partial charge < -0.3 is 9.63 Å². The molecule has 0 bridgehead atoms. The third kappa shape index (κ3) is 2.74. The molecule has 0 amide bonds. The first-order chi connectivity index (χ1) is 12.0. The van der Waals surface area contributed by atoms with Crippen LogP contribution in [0.1, 0.15) is 18.4 Å². The van der Waals surface area contributed by atoms with Crippen molar-refractivity contribution in [1.29, 1.82) is 0 Å². The molecule has 1 N–H and O–H groups in total. The van der Waals surface area contributed by atoms with E-state index in [-0.39, 0.29) is 17.0 Å². The molecule has 3 aromatic rings. The van der Waals surface area contributed by atoms with Crippen molar-refractivity contribution >= 4 is 11.0 Å². The first-order valence-corrected chi connectivity index (χ1v) is 8.02. The van der Waals surface area contributed by atoms with Crippen LogP contribution in [0.3, 0.4) is 0 Å². The summed E-state index contributed by atoms with van der Waals surface area (Å²) in [6.07, 6.45) is 2.21. The molecule has 7 heteroatoms. The number of hydrogen-bond donors (Lipinski definition) is 1. The predicted molar refractivity (Wildman–Crippen MR) is 85.5 cm³/mol. The number of likely N-dealkylation sites (tertiary alicyclic amines) is 1. The Labute approximate surface area is 141 Å². The summed E-state index contributed by atoms with van der Waals surface area (Å²) >= 11 is 0. The van der Waals surface area contributed by atoms with Crippen molar-refractivity contribution in [3.05, 3.63) is 47.3 Å². The van der Waals surface area contributed by atoms with Crippen LogP contribution in [0.5, 0.6) is 5.75 Å². The molecule has 1 aromatic heterocycles. The van der Waals surface area contributed by atoms with Crippen molar-refractivity contribution in [3.63, 3.8) is 0 Å². The summed E-state index contributed by atoms with van der Waals surface area (Å²) in [4.78, 5) is 2.19. The molecule has 1 aliphatic heterocycles. The van der Waals surface area contributed by atoms with Gasteiger partial charge in [0.1, 0.15) is 11.4 Å². The van der Waals surface area contributed by atoms with Crippen molar-refractivity contribution < 1.29 is 22.8 Å². The minimum absolute atomic E-state index is 0.0768. The SMILES string of the molecule is Oc1ccc2c(-c3cc(F)c(F)c(F)c3)noc2c1CN1CCCC1. The van der Waals surface area contributed by atoms with E-state index >= 15 is 0 Å². The van der Waals surface area contributed by atoms with E-state index in [0.29, 0.717) is 23.1 Å². The summed E-state index contributed by atoms with van der Waals surface area (Å²) in [5.41, 5.74) is 1.23. The molecule has 25 heavy (non-hydrogen) atoms. The first-order valence-electron chi connectivity index (χ1n) is 8.02. The van der Waals surface area contributed by atoms with Crippen LogP contribution in [0, 0.1) is 17.5 Å². The lowest BCUT2D eigenvalue weighted by Gasteiger charge is -2.15. The van der Waals surface area contributed by atoms with E-state index in [1.54, 1.807) is 6.07 Å². The van der Waals surface area contributed by atoms with Gasteiger partial charge in [0.2, 0.25) is 0 Å². The lowest BCUT2D eigenvalue weighted by Crippen LogP contribution is -2.18. The Balaban J connectivity index is 1.82. The number of fused-ring (bicyclic) bond motifs is 1. The molecule has 2 heterocycles. The summed E-state index contributed by atoms with van der Waals surface area (Å²) in [7, 11) is 0. The van der Waals surface area contributed by atoms with Gasteiger partial charge in [-0.2, -0.15) is 0 Å². The summed E-state index contributed by atoms with van der Waals surface area (Å²) in [5.74, 6) is -4.02. The van der Waals surface area contributed by atoms with E-state index in [0.717, 1.165) is 38.1 Å². The van der Waals surface area contributed by atoms with E-state index < -0.39 is 17.5 Å².